The second-order valence-corrected chi connectivity index (χ2v) is 19.3. The van der Waals surface area contributed by atoms with Crippen molar-refractivity contribution in [3.8, 4) is 17.3 Å². The Hall–Kier alpha value is -6.55. The zero-order chi connectivity index (χ0) is 45.9. The van der Waals surface area contributed by atoms with Crippen LogP contribution in [0.4, 0.5) is 11.4 Å². The number of hydrogen-bond donors (Lipinski definition) is 0. The number of rotatable bonds is 5. The first kappa shape index (κ1) is 40.0. The first-order valence-electron chi connectivity index (χ1n) is 23.1. The maximum atomic E-state index is 9.10. The number of para-hydroxylation sites is 2. The van der Waals surface area contributed by atoms with Gasteiger partial charge < -0.3 is 18.8 Å². The van der Waals surface area contributed by atoms with Gasteiger partial charge in [-0.15, -0.1) is 35.7 Å². The Bertz CT molecular complexity index is 3700. The molecule has 6 heteroatoms. The van der Waals surface area contributed by atoms with Gasteiger partial charge in [-0.3, -0.25) is 0 Å². The molecular weight excluding hydrogens is 976 g/mol. The molecule has 326 valence electrons. The van der Waals surface area contributed by atoms with Crippen molar-refractivity contribution in [1.29, 1.82) is 0 Å². The average molecular weight is 1030 g/mol. The molecule has 0 bridgehead atoms. The largest absolute Gasteiger partial charge is 0.509 e. The van der Waals surface area contributed by atoms with Gasteiger partial charge in [0.05, 0.1) is 0 Å². The summed E-state index contributed by atoms with van der Waals surface area (Å²) in [4.78, 5) is 7.06. The van der Waals surface area contributed by atoms with Crippen LogP contribution in [0.2, 0.25) is 0 Å². The van der Waals surface area contributed by atoms with E-state index in [2.05, 4.69) is 177 Å². The van der Waals surface area contributed by atoms with Gasteiger partial charge in [0.1, 0.15) is 5.82 Å². The molecule has 0 saturated carbocycles. The quantitative estimate of drug-likeness (QED) is 0.161. The van der Waals surface area contributed by atoms with Gasteiger partial charge in [0, 0.05) is 52.7 Å². The molecule has 7 aromatic carbocycles. The number of fused-ring (bicyclic) bond motifs is 10. The first-order valence-corrected chi connectivity index (χ1v) is 22.1. The Balaban J connectivity index is 0.00000525. The molecule has 10 aromatic rings. The van der Waals surface area contributed by atoms with E-state index < -0.39 is 11.8 Å². The third-order valence-electron chi connectivity index (χ3n) is 12.4. The number of aromatic nitrogens is 3. The Morgan fingerprint density at radius 3 is 2.11 bits per heavy atom. The Kier molecular flexibility index (Phi) is 9.76. The van der Waals surface area contributed by atoms with Crippen molar-refractivity contribution in [3.63, 3.8) is 0 Å². The van der Waals surface area contributed by atoms with E-state index in [-0.39, 0.29) is 26.5 Å². The van der Waals surface area contributed by atoms with Crippen LogP contribution in [0.15, 0.2) is 146 Å². The van der Waals surface area contributed by atoms with Crippen LogP contribution in [0.3, 0.4) is 0 Å². The Morgan fingerprint density at radius 1 is 0.631 bits per heavy atom. The van der Waals surface area contributed by atoms with Gasteiger partial charge in [-0.05, 0) is 116 Å². The SMILES string of the molecule is [2H]C([2H])(c1ccnc(-n2c3[c-]c(Oc4[c-]c(N5[CH-]n6c7c(C)cccc7c7cc(C)ccc7c7ccccc7c7cccc5c76)ccc4)ccc3c3cc(C(C)(C)C)ccc32)c1)C(C)(C)C.[Pt]. The van der Waals surface area contributed by atoms with Crippen LogP contribution >= 0.6 is 0 Å². The summed E-state index contributed by atoms with van der Waals surface area (Å²) in [6.07, 6.45) is 0.110. The molecule has 0 aliphatic carbocycles. The van der Waals surface area contributed by atoms with E-state index in [0.717, 1.165) is 49.6 Å². The predicted molar refractivity (Wildman–Crippen MR) is 268 cm³/mol. The van der Waals surface area contributed by atoms with E-state index in [1.807, 2.05) is 45.0 Å². The molecule has 11 rings (SSSR count). The van der Waals surface area contributed by atoms with E-state index in [9.17, 15) is 0 Å². The van der Waals surface area contributed by atoms with Crippen molar-refractivity contribution in [2.45, 2.75) is 67.2 Å². The first-order chi connectivity index (χ1) is 31.6. The molecule has 4 heterocycles. The summed E-state index contributed by atoms with van der Waals surface area (Å²) in [5, 5.41) is 9.22. The minimum absolute atomic E-state index is 0. The number of benzene rings is 7. The molecule has 0 saturated heterocycles. The van der Waals surface area contributed by atoms with Gasteiger partial charge in [0.2, 0.25) is 0 Å². The molecule has 0 unspecified atom stereocenters. The molecule has 1 aliphatic heterocycles. The normalized spacial score (nSPS) is 13.3. The molecule has 65 heavy (non-hydrogen) atoms. The van der Waals surface area contributed by atoms with Crippen LogP contribution in [0.5, 0.6) is 11.5 Å². The third-order valence-corrected chi connectivity index (χ3v) is 12.4. The Morgan fingerprint density at radius 2 is 1.32 bits per heavy atom. The van der Waals surface area contributed by atoms with Crippen molar-refractivity contribution >= 4 is 76.5 Å². The molecule has 0 atom stereocenters. The van der Waals surface area contributed by atoms with Gasteiger partial charge in [0.25, 0.3) is 0 Å². The van der Waals surface area contributed by atoms with Crippen LogP contribution in [0, 0.1) is 38.1 Å². The van der Waals surface area contributed by atoms with Crippen LogP contribution < -0.4 is 9.64 Å². The fourth-order valence-electron chi connectivity index (χ4n) is 9.55. The maximum Gasteiger partial charge on any atom is 0.135 e. The van der Waals surface area contributed by atoms with E-state index in [0.29, 0.717) is 22.9 Å². The number of nitrogens with zero attached hydrogens (tertiary/aromatic N) is 4. The zero-order valence-corrected chi connectivity index (χ0v) is 40.2. The molecule has 0 radical (unpaired) electrons. The van der Waals surface area contributed by atoms with Crippen LogP contribution in [0.1, 0.15) is 66.5 Å². The summed E-state index contributed by atoms with van der Waals surface area (Å²) in [5.41, 5.74) is 9.40. The molecule has 0 fully saturated rings. The van der Waals surface area contributed by atoms with Gasteiger partial charge in [-0.1, -0.05) is 154 Å². The summed E-state index contributed by atoms with van der Waals surface area (Å²) >= 11 is 0. The fourth-order valence-corrected chi connectivity index (χ4v) is 9.55. The van der Waals surface area contributed by atoms with Crippen molar-refractivity contribution in [1.82, 2.24) is 14.1 Å². The molecule has 0 N–H and O–H groups in total. The van der Waals surface area contributed by atoms with E-state index in [1.54, 1.807) is 12.3 Å². The second-order valence-electron chi connectivity index (χ2n) is 19.3. The van der Waals surface area contributed by atoms with Crippen molar-refractivity contribution in [2.24, 2.45) is 5.41 Å². The van der Waals surface area contributed by atoms with E-state index in [4.69, 9.17) is 12.5 Å². The summed E-state index contributed by atoms with van der Waals surface area (Å²) in [5.74, 6) is 1.70. The van der Waals surface area contributed by atoms with E-state index >= 15 is 0 Å². The summed E-state index contributed by atoms with van der Waals surface area (Å²) in [6.45, 7) is 19.0. The van der Waals surface area contributed by atoms with Gasteiger partial charge in [-0.25, -0.2) is 4.98 Å². The molecule has 1 aliphatic rings. The zero-order valence-electron chi connectivity index (χ0n) is 39.9. The minimum atomic E-state index is -1.60. The topological polar surface area (TPSA) is 35.2 Å². The molecule has 3 aromatic heterocycles. The van der Waals surface area contributed by atoms with Crippen molar-refractivity contribution < 1.29 is 28.5 Å². The van der Waals surface area contributed by atoms with Crippen molar-refractivity contribution in [3.05, 3.63) is 187 Å². The second kappa shape index (κ2) is 15.9. The van der Waals surface area contributed by atoms with Crippen LogP contribution in [-0.2, 0) is 32.9 Å². The number of hydrogen-bond acceptors (Lipinski definition) is 3. The fraction of sp³-hybridized carbons (Fsp3) is 0.186. The van der Waals surface area contributed by atoms with Crippen LogP contribution in [-0.4, -0.2) is 14.1 Å². The van der Waals surface area contributed by atoms with Gasteiger partial charge in [-0.2, -0.15) is 12.1 Å². The standard InChI is InChI=1S/C59H51N4O.Pt/c1-37-22-25-46-44-17-9-10-18-45(44)48-20-13-21-53-57(48)62(56-38(2)14-11-19-49(56)50(46)30-37)36-61(53)41-15-12-16-42(33-41)64-43-24-26-47-51-32-40(59(6,7)8)23-27-52(51)63(54(47)34-43)55-31-39(28-29-60-55)35-58(3,4)5;/h9-32,36H,35H2,1-8H3;/q-3;/i35D2;. The number of ether oxygens (including phenoxy) is 1. The third kappa shape index (κ3) is 7.40. The molecular formula is C59H51N4OPt-3. The summed E-state index contributed by atoms with van der Waals surface area (Å²) < 4.78 is 29.4. The predicted octanol–water partition coefficient (Wildman–Crippen LogP) is 15.7. The van der Waals surface area contributed by atoms with Gasteiger partial charge in [0.15, 0.2) is 0 Å². The van der Waals surface area contributed by atoms with Crippen LogP contribution in [0.25, 0.3) is 71.0 Å². The maximum absolute atomic E-state index is 9.10. The molecule has 5 nitrogen and oxygen atoms in total. The monoisotopic (exact) mass is 1030 g/mol. The molecule has 0 amide bonds. The summed E-state index contributed by atoms with van der Waals surface area (Å²) in [7, 11) is 0. The van der Waals surface area contributed by atoms with Crippen molar-refractivity contribution in [2.75, 3.05) is 4.90 Å². The van der Waals surface area contributed by atoms with Gasteiger partial charge >= 0.3 is 0 Å². The number of pyridine rings is 1. The minimum Gasteiger partial charge on any atom is -0.509 e. The Labute approximate surface area is 398 Å². The number of anilines is 2. The average Bonchev–Trinajstić information content (AvgIpc) is 3.84. The molecule has 0 spiro atoms. The smallest absolute Gasteiger partial charge is 0.135 e. The summed E-state index contributed by atoms with van der Waals surface area (Å²) in [6, 6.07) is 56.4. The van der Waals surface area contributed by atoms with E-state index in [1.165, 1.54) is 43.6 Å². The number of aryl methyl sites for hydroxylation is 2.